The van der Waals surface area contributed by atoms with Crippen LogP contribution in [0.2, 0.25) is 0 Å². The van der Waals surface area contributed by atoms with Crippen molar-refractivity contribution in [3.05, 3.63) is 160 Å². The van der Waals surface area contributed by atoms with Crippen molar-refractivity contribution >= 4 is 22.4 Å². The summed E-state index contributed by atoms with van der Waals surface area (Å²) in [5, 5.41) is 15.1. The number of rotatable bonds is 11. The molecular formula is C42H37NO4. The summed E-state index contributed by atoms with van der Waals surface area (Å²) in [6, 6.07) is 38.6. The van der Waals surface area contributed by atoms with Gasteiger partial charge < -0.3 is 14.6 Å². The van der Waals surface area contributed by atoms with Crippen LogP contribution in [0.25, 0.3) is 44.7 Å². The third-order valence-electron chi connectivity index (χ3n) is 9.05. The topological polar surface area (TPSA) is 68.1 Å². The van der Waals surface area contributed by atoms with Crippen LogP contribution in [0.5, 0.6) is 0 Å². The van der Waals surface area contributed by atoms with Crippen molar-refractivity contribution in [1.82, 2.24) is 0 Å². The van der Waals surface area contributed by atoms with Gasteiger partial charge in [0.1, 0.15) is 18.9 Å². The van der Waals surface area contributed by atoms with Gasteiger partial charge >= 0.3 is 0 Å². The van der Waals surface area contributed by atoms with Crippen LogP contribution in [0.1, 0.15) is 34.6 Å². The Balaban J connectivity index is 1.19. The molecule has 1 N–H and O–H groups in total. The molecule has 5 aromatic rings. The van der Waals surface area contributed by atoms with Crippen molar-refractivity contribution in [2.24, 2.45) is 5.18 Å². The average Bonchev–Trinajstić information content (AvgIpc) is 3.14. The van der Waals surface area contributed by atoms with E-state index >= 15 is 0 Å². The zero-order valence-corrected chi connectivity index (χ0v) is 26.2. The molecule has 5 heteroatoms. The van der Waals surface area contributed by atoms with Crippen molar-refractivity contribution < 1.29 is 14.6 Å². The van der Waals surface area contributed by atoms with E-state index in [2.05, 4.69) is 139 Å². The van der Waals surface area contributed by atoms with Crippen molar-refractivity contribution in [3.8, 4) is 22.3 Å². The highest BCUT2D eigenvalue weighted by molar-refractivity contribution is 5.88. The third kappa shape index (κ3) is 6.73. The maximum Gasteiger partial charge on any atom is 0.123 e. The summed E-state index contributed by atoms with van der Waals surface area (Å²) in [6.07, 6.45) is 10.5. The number of hydrogen-bond donors (Lipinski definition) is 1. The minimum absolute atomic E-state index is 0.0795. The van der Waals surface area contributed by atoms with Crippen molar-refractivity contribution in [2.45, 2.75) is 24.9 Å². The fraction of sp³-hybridized carbons (Fsp3) is 0.190. The van der Waals surface area contributed by atoms with Crippen molar-refractivity contribution in [3.63, 3.8) is 0 Å². The van der Waals surface area contributed by atoms with E-state index in [1.165, 1.54) is 27.5 Å². The molecule has 7 rings (SSSR count). The number of aliphatic hydroxyl groups excluding tert-OH is 1. The number of benzene rings is 5. The molecule has 0 fully saturated rings. The molecule has 0 radical (unpaired) electrons. The fourth-order valence-corrected chi connectivity index (χ4v) is 6.60. The highest BCUT2D eigenvalue weighted by atomic mass is 16.5. The Hall–Kier alpha value is -5.10. The number of nitroso groups, excluding NO2 is 1. The highest BCUT2D eigenvalue weighted by Crippen LogP contribution is 2.39. The fourth-order valence-electron chi connectivity index (χ4n) is 6.60. The SMILES string of the molecule is O=NCCOC1C=C(c2ccc(-c3ccc4ccccc4c3)cc2)C(OCCO)=CC1c1ccc(-c2ccc3c(c2)C=CCC3)cc1. The molecule has 5 aromatic carbocycles. The molecule has 0 heterocycles. The normalized spacial score (nSPS) is 17.1. The van der Waals surface area contributed by atoms with E-state index in [-0.39, 0.29) is 38.4 Å². The van der Waals surface area contributed by atoms with Crippen molar-refractivity contribution in [1.29, 1.82) is 0 Å². The second-order valence-corrected chi connectivity index (χ2v) is 12.0. The molecule has 2 atom stereocenters. The predicted molar refractivity (Wildman–Crippen MR) is 191 cm³/mol. The van der Waals surface area contributed by atoms with E-state index in [1.807, 2.05) is 0 Å². The number of ether oxygens (including phenoxy) is 2. The zero-order chi connectivity index (χ0) is 32.0. The Morgan fingerprint density at radius 2 is 1.43 bits per heavy atom. The van der Waals surface area contributed by atoms with Gasteiger partial charge in [0, 0.05) is 11.5 Å². The molecule has 5 nitrogen and oxygen atoms in total. The lowest BCUT2D eigenvalue weighted by atomic mass is 9.84. The number of nitrogens with zero attached hydrogens (tertiary/aromatic N) is 1. The second kappa shape index (κ2) is 14.1. The maximum atomic E-state index is 10.9. The molecular weight excluding hydrogens is 582 g/mol. The molecule has 2 unspecified atom stereocenters. The summed E-state index contributed by atoms with van der Waals surface area (Å²) in [6.45, 7) is 0.385. The molecule has 47 heavy (non-hydrogen) atoms. The molecule has 0 amide bonds. The number of fused-ring (bicyclic) bond motifs is 2. The summed E-state index contributed by atoms with van der Waals surface area (Å²) in [4.78, 5) is 10.9. The first kappa shape index (κ1) is 30.5. The minimum Gasteiger partial charge on any atom is -0.491 e. The van der Waals surface area contributed by atoms with Gasteiger partial charge in [0.2, 0.25) is 0 Å². The van der Waals surface area contributed by atoms with Crippen LogP contribution >= 0.6 is 0 Å². The van der Waals surface area contributed by atoms with Gasteiger partial charge in [-0.15, -0.1) is 0 Å². The Kier molecular flexibility index (Phi) is 9.18. The number of allylic oxidation sites excluding steroid dienone is 2. The van der Waals surface area contributed by atoms with Gasteiger partial charge in [-0.25, -0.2) is 0 Å². The lowest BCUT2D eigenvalue weighted by molar-refractivity contribution is 0.0781. The molecule has 0 saturated heterocycles. The van der Waals surface area contributed by atoms with Gasteiger partial charge in [0.25, 0.3) is 0 Å². The van der Waals surface area contributed by atoms with Gasteiger partial charge in [0.15, 0.2) is 0 Å². The highest BCUT2D eigenvalue weighted by Gasteiger charge is 2.29. The Labute approximate surface area is 275 Å². The third-order valence-corrected chi connectivity index (χ3v) is 9.05. The van der Waals surface area contributed by atoms with E-state index in [9.17, 15) is 10.0 Å². The van der Waals surface area contributed by atoms with Crippen LogP contribution in [0.15, 0.2) is 138 Å². The van der Waals surface area contributed by atoms with E-state index < -0.39 is 0 Å². The molecule has 0 spiro atoms. The van der Waals surface area contributed by atoms with E-state index in [0.717, 1.165) is 46.2 Å². The smallest absolute Gasteiger partial charge is 0.123 e. The summed E-state index contributed by atoms with van der Waals surface area (Å²) in [7, 11) is 0. The molecule has 0 aliphatic heterocycles. The van der Waals surface area contributed by atoms with Crippen molar-refractivity contribution in [2.75, 3.05) is 26.4 Å². The first-order chi connectivity index (χ1) is 23.2. The maximum absolute atomic E-state index is 10.9. The summed E-state index contributed by atoms with van der Waals surface area (Å²) in [5.41, 5.74) is 10.2. The number of hydrogen-bond acceptors (Lipinski definition) is 5. The molecule has 0 bridgehead atoms. The largest absolute Gasteiger partial charge is 0.491 e. The average molecular weight is 620 g/mol. The van der Waals surface area contributed by atoms with Gasteiger partial charge in [-0.3, -0.25) is 0 Å². The molecule has 2 aliphatic rings. The predicted octanol–water partition coefficient (Wildman–Crippen LogP) is 9.36. The molecule has 234 valence electrons. The number of aliphatic hydroxyl groups is 1. The summed E-state index contributed by atoms with van der Waals surface area (Å²) in [5.74, 6) is 0.540. The number of aryl methyl sites for hydroxylation is 1. The quantitative estimate of drug-likeness (QED) is 0.118. The van der Waals surface area contributed by atoms with Crippen LogP contribution in [-0.2, 0) is 15.9 Å². The van der Waals surface area contributed by atoms with Gasteiger partial charge in [0.05, 0.1) is 19.3 Å². The van der Waals surface area contributed by atoms with Crippen LogP contribution in [0.3, 0.4) is 0 Å². The lowest BCUT2D eigenvalue weighted by Crippen LogP contribution is -2.25. The standard InChI is InChI=1S/C42H37NO4/c44-22-24-47-42-28-39(33-15-9-31(10-16-33)37-19-13-29-5-1-3-7-35(29)25-37)41(46-23-21-43-45)27-40(42)34-17-11-32(12-18-34)38-20-14-30-6-2-4-8-36(30)26-38/h2-4,6-20,25-28,39,41,44H,1,5,21-24H2. The zero-order valence-electron chi connectivity index (χ0n) is 26.2. The van der Waals surface area contributed by atoms with Crippen LogP contribution < -0.4 is 0 Å². The minimum atomic E-state index is -0.340. The van der Waals surface area contributed by atoms with Crippen LogP contribution in [-0.4, -0.2) is 37.6 Å². The van der Waals surface area contributed by atoms with Crippen LogP contribution in [0, 0.1) is 4.91 Å². The summed E-state index contributed by atoms with van der Waals surface area (Å²) >= 11 is 0. The van der Waals surface area contributed by atoms with Gasteiger partial charge in [-0.2, -0.15) is 4.91 Å². The second-order valence-electron chi connectivity index (χ2n) is 12.0. The Bertz CT molecular complexity index is 1970. The van der Waals surface area contributed by atoms with Gasteiger partial charge in [-0.05, 0) is 92.4 Å². The molecule has 0 aromatic heterocycles. The summed E-state index contributed by atoms with van der Waals surface area (Å²) < 4.78 is 12.4. The molecule has 0 saturated carbocycles. The van der Waals surface area contributed by atoms with Crippen LogP contribution in [0.4, 0.5) is 0 Å². The van der Waals surface area contributed by atoms with E-state index in [4.69, 9.17) is 9.47 Å². The lowest BCUT2D eigenvalue weighted by Gasteiger charge is -2.30. The van der Waals surface area contributed by atoms with Gasteiger partial charge in [-0.1, -0.05) is 114 Å². The Morgan fingerprint density at radius 3 is 2.21 bits per heavy atom. The van der Waals surface area contributed by atoms with E-state index in [1.54, 1.807) is 0 Å². The first-order valence-electron chi connectivity index (χ1n) is 16.3. The molecule has 2 aliphatic carbocycles. The monoisotopic (exact) mass is 619 g/mol. The van der Waals surface area contributed by atoms with E-state index in [0.29, 0.717) is 5.76 Å². The first-order valence-corrected chi connectivity index (χ1v) is 16.3. The Morgan fingerprint density at radius 1 is 0.723 bits per heavy atom.